The third-order valence-corrected chi connectivity index (χ3v) is 3.13. The van der Waals surface area contributed by atoms with E-state index in [0.29, 0.717) is 6.61 Å². The van der Waals surface area contributed by atoms with E-state index in [4.69, 9.17) is 21.5 Å². The maximum absolute atomic E-state index is 5.87. The van der Waals surface area contributed by atoms with Crippen LogP contribution in [0.25, 0.3) is 0 Å². The van der Waals surface area contributed by atoms with Crippen LogP contribution in [0.4, 0.5) is 0 Å². The van der Waals surface area contributed by atoms with Crippen molar-refractivity contribution in [3.8, 4) is 0 Å². The van der Waals surface area contributed by atoms with E-state index in [1.807, 2.05) is 6.92 Å². The van der Waals surface area contributed by atoms with Gasteiger partial charge in [-0.3, -0.25) is 0 Å². The monoisotopic (exact) mass is 228 g/mol. The van der Waals surface area contributed by atoms with Crippen molar-refractivity contribution in [3.05, 3.63) is 10.7 Å². The first kappa shape index (κ1) is 10.8. The highest BCUT2D eigenvalue weighted by atomic mass is 32.1. The Bertz CT molecular complexity index is 360. The van der Waals surface area contributed by atoms with Gasteiger partial charge in [0, 0.05) is 6.61 Å². The number of hydrogen-bond donors (Lipinski definition) is 1. The molecule has 0 radical (unpaired) electrons. The number of ether oxygens (including phenoxy) is 1. The number of rotatable bonds is 3. The van der Waals surface area contributed by atoms with Crippen LogP contribution in [0.3, 0.4) is 0 Å². The maximum Gasteiger partial charge on any atom is 0.314 e. The van der Waals surface area contributed by atoms with Crippen molar-refractivity contribution >= 4 is 12.2 Å². The van der Waals surface area contributed by atoms with Gasteiger partial charge in [-0.2, -0.15) is 4.98 Å². The van der Waals surface area contributed by atoms with E-state index < -0.39 is 0 Å². The Morgan fingerprint density at radius 2 is 2.20 bits per heavy atom. The molecule has 1 fully saturated rings. The highest BCUT2D eigenvalue weighted by molar-refractivity contribution is 7.71. The summed E-state index contributed by atoms with van der Waals surface area (Å²) in [5, 5.41) is 2.79. The van der Waals surface area contributed by atoms with Gasteiger partial charge in [0.05, 0.1) is 0 Å². The quantitative estimate of drug-likeness (QED) is 0.808. The fourth-order valence-corrected chi connectivity index (χ4v) is 2.41. The molecule has 1 saturated carbocycles. The SMILES string of the molecule is CCOC1(c2nc(=S)o[nH]2)CCCCC1. The number of aromatic amines is 1. The lowest BCUT2D eigenvalue weighted by Gasteiger charge is -2.34. The first-order valence-corrected chi connectivity index (χ1v) is 5.87. The third-order valence-electron chi connectivity index (χ3n) is 2.95. The predicted octanol–water partition coefficient (Wildman–Crippen LogP) is 2.93. The molecule has 0 unspecified atom stereocenters. The van der Waals surface area contributed by atoms with Crippen molar-refractivity contribution in [1.29, 1.82) is 0 Å². The van der Waals surface area contributed by atoms with Gasteiger partial charge in [0.25, 0.3) is 0 Å². The largest absolute Gasteiger partial charge is 0.367 e. The average molecular weight is 228 g/mol. The van der Waals surface area contributed by atoms with Gasteiger partial charge < -0.3 is 9.26 Å². The molecule has 1 aromatic heterocycles. The Labute approximate surface area is 94.0 Å². The van der Waals surface area contributed by atoms with Crippen molar-refractivity contribution in [3.63, 3.8) is 0 Å². The van der Waals surface area contributed by atoms with Crippen LogP contribution in [0.5, 0.6) is 0 Å². The van der Waals surface area contributed by atoms with Crippen molar-refractivity contribution in [2.24, 2.45) is 0 Å². The summed E-state index contributed by atoms with van der Waals surface area (Å²) in [6, 6.07) is 0. The maximum atomic E-state index is 5.87. The van der Waals surface area contributed by atoms with Gasteiger partial charge in [-0.05, 0) is 32.0 Å². The van der Waals surface area contributed by atoms with Gasteiger partial charge in [-0.15, -0.1) is 0 Å². The standard InChI is InChI=1S/C10H16N2O2S/c1-2-13-10(6-4-3-5-7-10)8-11-9(15)14-12-8/h2-7H2,1H3,(H,11,12,15). The van der Waals surface area contributed by atoms with E-state index in [1.54, 1.807) is 0 Å². The molecule has 0 aliphatic heterocycles. The van der Waals surface area contributed by atoms with Crippen LogP contribution in [0.15, 0.2) is 4.52 Å². The van der Waals surface area contributed by atoms with Gasteiger partial charge in [0.15, 0.2) is 5.82 Å². The first-order valence-electron chi connectivity index (χ1n) is 5.47. The second-order valence-electron chi connectivity index (χ2n) is 3.92. The zero-order chi connectivity index (χ0) is 10.7. The number of nitrogens with zero attached hydrogens (tertiary/aromatic N) is 1. The van der Waals surface area contributed by atoms with Crippen LogP contribution in [-0.2, 0) is 10.3 Å². The highest BCUT2D eigenvalue weighted by Gasteiger charge is 2.37. The Morgan fingerprint density at radius 3 is 2.73 bits per heavy atom. The molecule has 2 rings (SSSR count). The fourth-order valence-electron chi connectivity index (χ4n) is 2.27. The number of aromatic nitrogens is 2. The lowest BCUT2D eigenvalue weighted by molar-refractivity contribution is -0.0777. The van der Waals surface area contributed by atoms with Crippen LogP contribution in [0, 0.1) is 4.84 Å². The Morgan fingerprint density at radius 1 is 1.47 bits per heavy atom. The van der Waals surface area contributed by atoms with Crippen molar-refractivity contribution < 1.29 is 9.26 Å². The van der Waals surface area contributed by atoms with Crippen LogP contribution < -0.4 is 0 Å². The minimum atomic E-state index is -0.284. The molecule has 0 amide bonds. The van der Waals surface area contributed by atoms with E-state index in [-0.39, 0.29) is 10.4 Å². The number of nitrogens with one attached hydrogen (secondary N) is 1. The predicted molar refractivity (Wildman–Crippen MR) is 58.1 cm³/mol. The Balaban J connectivity index is 2.28. The zero-order valence-corrected chi connectivity index (χ0v) is 9.73. The second-order valence-corrected chi connectivity index (χ2v) is 4.27. The normalized spacial score (nSPS) is 20.3. The second kappa shape index (κ2) is 4.45. The molecule has 5 heteroatoms. The van der Waals surface area contributed by atoms with Gasteiger partial charge in [-0.25, -0.2) is 5.16 Å². The summed E-state index contributed by atoms with van der Waals surface area (Å²) in [6.45, 7) is 2.69. The van der Waals surface area contributed by atoms with Crippen molar-refractivity contribution in [2.75, 3.05) is 6.61 Å². The third kappa shape index (κ3) is 2.13. The molecule has 0 atom stereocenters. The molecule has 0 saturated heterocycles. The molecule has 1 aliphatic rings. The molecule has 1 aliphatic carbocycles. The molecule has 0 spiro atoms. The highest BCUT2D eigenvalue weighted by Crippen LogP contribution is 2.38. The number of hydrogen-bond acceptors (Lipinski definition) is 4. The van der Waals surface area contributed by atoms with Crippen molar-refractivity contribution in [2.45, 2.75) is 44.6 Å². The minimum absolute atomic E-state index is 0.259. The molecule has 84 valence electrons. The summed E-state index contributed by atoms with van der Waals surface area (Å²) >= 11 is 4.87. The molecule has 0 bridgehead atoms. The summed E-state index contributed by atoms with van der Waals surface area (Å²) in [4.78, 5) is 4.45. The lowest BCUT2D eigenvalue weighted by Crippen LogP contribution is -2.33. The summed E-state index contributed by atoms with van der Waals surface area (Å²) in [7, 11) is 0. The zero-order valence-electron chi connectivity index (χ0n) is 8.91. The molecular weight excluding hydrogens is 212 g/mol. The van der Waals surface area contributed by atoms with Crippen LogP contribution in [0.2, 0.25) is 0 Å². The molecule has 1 aromatic rings. The number of H-pyrrole nitrogens is 1. The molecule has 0 aromatic carbocycles. The van der Waals surface area contributed by atoms with E-state index in [0.717, 1.165) is 18.7 Å². The molecule has 4 nitrogen and oxygen atoms in total. The Kier molecular flexibility index (Phi) is 3.21. The van der Waals surface area contributed by atoms with Gasteiger partial charge in [0.2, 0.25) is 0 Å². The molecule has 15 heavy (non-hydrogen) atoms. The van der Waals surface area contributed by atoms with Crippen LogP contribution in [0.1, 0.15) is 44.9 Å². The van der Waals surface area contributed by atoms with Gasteiger partial charge in [0.1, 0.15) is 5.60 Å². The van der Waals surface area contributed by atoms with Gasteiger partial charge >= 0.3 is 4.84 Å². The summed E-state index contributed by atoms with van der Waals surface area (Å²) < 4.78 is 10.9. The van der Waals surface area contributed by atoms with E-state index in [2.05, 4.69) is 10.1 Å². The van der Waals surface area contributed by atoms with E-state index in [1.165, 1.54) is 19.3 Å². The average Bonchev–Trinajstić information content (AvgIpc) is 2.67. The first-order chi connectivity index (χ1) is 7.27. The van der Waals surface area contributed by atoms with Crippen LogP contribution in [-0.4, -0.2) is 16.7 Å². The lowest BCUT2D eigenvalue weighted by atomic mass is 9.84. The van der Waals surface area contributed by atoms with Crippen LogP contribution >= 0.6 is 12.2 Å². The van der Waals surface area contributed by atoms with E-state index in [9.17, 15) is 0 Å². The van der Waals surface area contributed by atoms with Crippen molar-refractivity contribution in [1.82, 2.24) is 10.1 Å². The summed E-state index contributed by atoms with van der Waals surface area (Å²) in [6.07, 6.45) is 5.62. The smallest absolute Gasteiger partial charge is 0.314 e. The Hall–Kier alpha value is -0.680. The molecule has 1 N–H and O–H groups in total. The summed E-state index contributed by atoms with van der Waals surface area (Å²) in [5.74, 6) is 0.758. The van der Waals surface area contributed by atoms with Gasteiger partial charge in [-0.1, -0.05) is 19.3 Å². The molecule has 1 heterocycles. The molecular formula is C10H16N2O2S. The minimum Gasteiger partial charge on any atom is -0.367 e. The summed E-state index contributed by atoms with van der Waals surface area (Å²) in [5.41, 5.74) is -0.284. The topological polar surface area (TPSA) is 51.1 Å². The fraction of sp³-hybridized carbons (Fsp3) is 0.800. The van der Waals surface area contributed by atoms with E-state index >= 15 is 0 Å².